The van der Waals surface area contributed by atoms with E-state index in [1.807, 2.05) is 27.7 Å². The fourth-order valence-electron chi connectivity index (χ4n) is 1.67. The highest BCUT2D eigenvalue weighted by Gasteiger charge is 2.33. The van der Waals surface area contributed by atoms with Gasteiger partial charge in [0.05, 0.1) is 12.0 Å². The van der Waals surface area contributed by atoms with Crippen molar-refractivity contribution in [2.75, 3.05) is 19.8 Å². The summed E-state index contributed by atoms with van der Waals surface area (Å²) in [6.07, 6.45) is 1.54. The van der Waals surface area contributed by atoms with Crippen molar-refractivity contribution in [1.29, 1.82) is 0 Å². The molecule has 0 heterocycles. The van der Waals surface area contributed by atoms with E-state index in [0.29, 0.717) is 19.8 Å². The zero-order valence-electron chi connectivity index (χ0n) is 11.0. The van der Waals surface area contributed by atoms with Gasteiger partial charge in [-0.2, -0.15) is 0 Å². The Labute approximate surface area is 98.9 Å². The summed E-state index contributed by atoms with van der Waals surface area (Å²) in [6, 6.07) is 0.0384. The number of carbonyl (C=O) groups excluding carboxylic acids is 1. The highest BCUT2D eigenvalue weighted by molar-refractivity contribution is 5.83. The maximum atomic E-state index is 12.1. The molecule has 0 aromatic heterocycles. The van der Waals surface area contributed by atoms with Crippen LogP contribution in [0.2, 0.25) is 0 Å². The van der Waals surface area contributed by atoms with Crippen LogP contribution < -0.4 is 11.1 Å². The van der Waals surface area contributed by atoms with E-state index in [2.05, 4.69) is 5.32 Å². The molecule has 0 saturated carbocycles. The molecular formula is C12H26N2O2. The second kappa shape index (κ2) is 7.63. The number of nitrogens with one attached hydrogen (secondary N) is 1. The fourth-order valence-corrected chi connectivity index (χ4v) is 1.67. The first-order valence-electron chi connectivity index (χ1n) is 6.15. The lowest BCUT2D eigenvalue weighted by Gasteiger charge is -2.30. The monoisotopic (exact) mass is 230 g/mol. The largest absolute Gasteiger partial charge is 0.380 e. The third-order valence-electron chi connectivity index (χ3n) is 3.18. The van der Waals surface area contributed by atoms with Gasteiger partial charge in [0.25, 0.3) is 0 Å². The van der Waals surface area contributed by atoms with Crippen molar-refractivity contribution in [2.24, 2.45) is 11.1 Å². The molecule has 0 radical (unpaired) electrons. The van der Waals surface area contributed by atoms with Crippen LogP contribution in [0.25, 0.3) is 0 Å². The summed E-state index contributed by atoms with van der Waals surface area (Å²) >= 11 is 0. The van der Waals surface area contributed by atoms with Gasteiger partial charge in [0.15, 0.2) is 0 Å². The Morgan fingerprint density at radius 2 is 1.94 bits per heavy atom. The van der Waals surface area contributed by atoms with Gasteiger partial charge >= 0.3 is 0 Å². The van der Waals surface area contributed by atoms with Crippen LogP contribution in [0.4, 0.5) is 0 Å². The van der Waals surface area contributed by atoms with E-state index < -0.39 is 5.41 Å². The van der Waals surface area contributed by atoms with Crippen LogP contribution in [0.1, 0.15) is 40.5 Å². The molecule has 4 heteroatoms. The second-order valence-electron chi connectivity index (χ2n) is 4.23. The molecule has 96 valence electrons. The minimum absolute atomic E-state index is 0.0384. The van der Waals surface area contributed by atoms with Crippen LogP contribution >= 0.6 is 0 Å². The molecule has 0 aromatic carbocycles. The zero-order valence-corrected chi connectivity index (χ0v) is 11.0. The van der Waals surface area contributed by atoms with Crippen LogP contribution in [0.5, 0.6) is 0 Å². The van der Waals surface area contributed by atoms with Gasteiger partial charge < -0.3 is 15.8 Å². The first-order chi connectivity index (χ1) is 7.56. The molecule has 0 saturated heterocycles. The molecule has 1 amide bonds. The van der Waals surface area contributed by atoms with Gasteiger partial charge in [-0.15, -0.1) is 0 Å². The van der Waals surface area contributed by atoms with Gasteiger partial charge in [-0.3, -0.25) is 4.79 Å². The van der Waals surface area contributed by atoms with Crippen molar-refractivity contribution in [1.82, 2.24) is 5.32 Å². The summed E-state index contributed by atoms with van der Waals surface area (Å²) in [4.78, 5) is 12.1. The number of amides is 1. The molecule has 1 unspecified atom stereocenters. The molecule has 0 aromatic rings. The Bertz CT molecular complexity index is 195. The SMILES string of the molecule is CCOCC(C)NC(=O)C(CC)(CC)CN. The standard InChI is InChI=1S/C12H26N2O2/c1-5-12(6-2,9-13)11(15)14-10(4)8-16-7-3/h10H,5-9,13H2,1-4H3,(H,14,15). The highest BCUT2D eigenvalue weighted by Crippen LogP contribution is 2.25. The highest BCUT2D eigenvalue weighted by atomic mass is 16.5. The maximum Gasteiger partial charge on any atom is 0.227 e. The summed E-state index contributed by atoms with van der Waals surface area (Å²) in [5, 5.41) is 2.96. The summed E-state index contributed by atoms with van der Waals surface area (Å²) in [7, 11) is 0. The molecule has 16 heavy (non-hydrogen) atoms. The molecule has 4 nitrogen and oxygen atoms in total. The average Bonchev–Trinajstić information content (AvgIpc) is 2.29. The second-order valence-corrected chi connectivity index (χ2v) is 4.23. The van der Waals surface area contributed by atoms with Crippen molar-refractivity contribution < 1.29 is 9.53 Å². The van der Waals surface area contributed by atoms with Crippen LogP contribution in [0.15, 0.2) is 0 Å². The van der Waals surface area contributed by atoms with Crippen molar-refractivity contribution in [3.8, 4) is 0 Å². The number of nitrogens with two attached hydrogens (primary N) is 1. The van der Waals surface area contributed by atoms with E-state index in [1.54, 1.807) is 0 Å². The number of carbonyl (C=O) groups is 1. The van der Waals surface area contributed by atoms with E-state index in [-0.39, 0.29) is 11.9 Å². The normalized spacial score (nSPS) is 13.6. The molecular weight excluding hydrogens is 204 g/mol. The quantitative estimate of drug-likeness (QED) is 0.660. The smallest absolute Gasteiger partial charge is 0.227 e. The average molecular weight is 230 g/mol. The summed E-state index contributed by atoms with van der Waals surface area (Å²) in [5.74, 6) is 0.0483. The Morgan fingerprint density at radius 1 is 1.38 bits per heavy atom. The topological polar surface area (TPSA) is 64.3 Å². The molecule has 3 N–H and O–H groups in total. The predicted molar refractivity (Wildman–Crippen MR) is 66.2 cm³/mol. The Hall–Kier alpha value is -0.610. The Morgan fingerprint density at radius 3 is 2.31 bits per heavy atom. The Kier molecular flexibility index (Phi) is 7.34. The van der Waals surface area contributed by atoms with Gasteiger partial charge in [-0.25, -0.2) is 0 Å². The molecule has 0 aliphatic rings. The van der Waals surface area contributed by atoms with Gasteiger partial charge in [0.2, 0.25) is 5.91 Å². The van der Waals surface area contributed by atoms with Gasteiger partial charge in [0.1, 0.15) is 0 Å². The molecule has 0 fully saturated rings. The minimum Gasteiger partial charge on any atom is -0.380 e. The molecule has 0 aliphatic carbocycles. The molecule has 0 rings (SSSR count). The molecule has 0 spiro atoms. The van der Waals surface area contributed by atoms with E-state index >= 15 is 0 Å². The first-order valence-corrected chi connectivity index (χ1v) is 6.15. The van der Waals surface area contributed by atoms with E-state index in [9.17, 15) is 4.79 Å². The molecule has 0 aliphatic heterocycles. The van der Waals surface area contributed by atoms with Crippen LogP contribution in [-0.2, 0) is 9.53 Å². The summed E-state index contributed by atoms with van der Waals surface area (Å²) in [6.45, 7) is 9.51. The Balaban J connectivity index is 4.30. The van der Waals surface area contributed by atoms with Crippen molar-refractivity contribution in [2.45, 2.75) is 46.6 Å². The number of ether oxygens (including phenoxy) is 1. The van der Waals surface area contributed by atoms with Crippen LogP contribution in [0.3, 0.4) is 0 Å². The van der Waals surface area contributed by atoms with Gasteiger partial charge in [-0.1, -0.05) is 13.8 Å². The number of hydrogen-bond donors (Lipinski definition) is 2. The van der Waals surface area contributed by atoms with Crippen LogP contribution in [0, 0.1) is 5.41 Å². The predicted octanol–water partition coefficient (Wildman–Crippen LogP) is 1.29. The number of hydrogen-bond acceptors (Lipinski definition) is 3. The first kappa shape index (κ1) is 15.4. The van der Waals surface area contributed by atoms with Crippen molar-refractivity contribution >= 4 is 5.91 Å². The molecule has 0 bridgehead atoms. The van der Waals surface area contributed by atoms with E-state index in [1.165, 1.54) is 0 Å². The van der Waals surface area contributed by atoms with Crippen molar-refractivity contribution in [3.63, 3.8) is 0 Å². The minimum atomic E-state index is -0.416. The van der Waals surface area contributed by atoms with Gasteiger partial charge in [0, 0.05) is 19.2 Å². The zero-order chi connectivity index (χ0) is 12.6. The lowest BCUT2D eigenvalue weighted by atomic mass is 9.81. The lowest BCUT2D eigenvalue weighted by Crippen LogP contribution is -2.49. The third kappa shape index (κ3) is 4.10. The van der Waals surface area contributed by atoms with Crippen molar-refractivity contribution in [3.05, 3.63) is 0 Å². The maximum absolute atomic E-state index is 12.1. The van der Waals surface area contributed by atoms with Crippen LogP contribution in [-0.4, -0.2) is 31.7 Å². The van der Waals surface area contributed by atoms with E-state index in [4.69, 9.17) is 10.5 Å². The lowest BCUT2D eigenvalue weighted by molar-refractivity contribution is -0.132. The van der Waals surface area contributed by atoms with Gasteiger partial charge in [-0.05, 0) is 26.7 Å². The summed E-state index contributed by atoms with van der Waals surface area (Å²) in [5.41, 5.74) is 5.30. The van der Waals surface area contributed by atoms with E-state index in [0.717, 1.165) is 12.8 Å². The number of rotatable bonds is 8. The summed E-state index contributed by atoms with van der Waals surface area (Å²) < 4.78 is 5.26. The molecule has 1 atom stereocenters. The third-order valence-corrected chi connectivity index (χ3v) is 3.18. The fraction of sp³-hybridized carbons (Fsp3) is 0.917.